The molecule has 0 bridgehead atoms. The first-order valence-corrected chi connectivity index (χ1v) is 15.6. The van der Waals surface area contributed by atoms with Crippen LogP contribution in [0.25, 0.3) is 0 Å². The monoisotopic (exact) mass is 582 g/mol. The van der Waals surface area contributed by atoms with Crippen LogP contribution < -0.4 is 20.9 Å². The first-order chi connectivity index (χ1) is 21.2. The predicted octanol–water partition coefficient (Wildman–Crippen LogP) is 10.3. The van der Waals surface area contributed by atoms with Crippen molar-refractivity contribution in [2.24, 2.45) is 0 Å². The third-order valence-corrected chi connectivity index (χ3v) is 9.40. The van der Waals surface area contributed by atoms with Crippen molar-refractivity contribution in [1.29, 1.82) is 0 Å². The molecule has 0 atom stereocenters. The molecule has 44 heavy (non-hydrogen) atoms. The van der Waals surface area contributed by atoms with Crippen molar-refractivity contribution in [3.05, 3.63) is 142 Å². The number of benzene rings is 5. The second-order valence-electron chi connectivity index (χ2n) is 12.5. The van der Waals surface area contributed by atoms with Gasteiger partial charge in [-0.3, -0.25) is 0 Å². The summed E-state index contributed by atoms with van der Waals surface area (Å²) in [5.41, 5.74) is 21.7. The van der Waals surface area contributed by atoms with Gasteiger partial charge in [-0.2, -0.15) is 0 Å². The highest BCUT2D eigenvalue weighted by molar-refractivity contribution is 5.53. The van der Waals surface area contributed by atoms with Crippen LogP contribution in [0.2, 0.25) is 0 Å². The van der Waals surface area contributed by atoms with Crippen molar-refractivity contribution in [3.63, 3.8) is 0 Å². The van der Waals surface area contributed by atoms with E-state index in [1.165, 1.54) is 16.7 Å². The van der Waals surface area contributed by atoms with Gasteiger partial charge in [0.05, 0.1) is 0 Å². The molecule has 0 spiro atoms. The zero-order valence-corrected chi connectivity index (χ0v) is 26.2. The van der Waals surface area contributed by atoms with Gasteiger partial charge in [0, 0.05) is 16.8 Å². The minimum Gasteiger partial charge on any atom is -0.457 e. The van der Waals surface area contributed by atoms with Crippen LogP contribution in [0.1, 0.15) is 70.5 Å². The normalized spacial score (nSPS) is 14.7. The molecule has 0 aliphatic heterocycles. The predicted molar refractivity (Wildman–Crippen MR) is 182 cm³/mol. The summed E-state index contributed by atoms with van der Waals surface area (Å²) in [7, 11) is 0. The van der Waals surface area contributed by atoms with Gasteiger partial charge in [0.25, 0.3) is 0 Å². The summed E-state index contributed by atoms with van der Waals surface area (Å²) in [6, 6.07) is 36.0. The molecule has 5 aromatic rings. The lowest BCUT2D eigenvalue weighted by Crippen LogP contribution is -2.33. The number of hydrogen-bond acceptors (Lipinski definition) is 4. The minimum absolute atomic E-state index is 0.105. The Morgan fingerprint density at radius 3 is 1.34 bits per heavy atom. The van der Waals surface area contributed by atoms with E-state index in [4.69, 9.17) is 20.9 Å². The Kier molecular flexibility index (Phi) is 8.09. The topological polar surface area (TPSA) is 70.5 Å². The van der Waals surface area contributed by atoms with E-state index in [0.717, 1.165) is 82.3 Å². The molecule has 0 amide bonds. The molecule has 0 aromatic heterocycles. The lowest BCUT2D eigenvalue weighted by Gasteiger charge is -2.42. The largest absolute Gasteiger partial charge is 0.457 e. The van der Waals surface area contributed by atoms with Crippen molar-refractivity contribution in [2.75, 3.05) is 11.5 Å². The first kappa shape index (κ1) is 29.4. The minimum atomic E-state index is -0.105. The molecule has 4 nitrogen and oxygen atoms in total. The molecule has 0 radical (unpaired) electrons. The Hall–Kier alpha value is -4.70. The highest BCUT2D eigenvalue weighted by Crippen LogP contribution is 2.50. The molecule has 0 heterocycles. The summed E-state index contributed by atoms with van der Waals surface area (Å²) in [6.45, 7) is 8.34. The second-order valence-corrected chi connectivity index (χ2v) is 12.5. The van der Waals surface area contributed by atoms with Gasteiger partial charge >= 0.3 is 0 Å². The number of aryl methyl sites for hydroxylation is 4. The Labute approximate surface area is 261 Å². The first-order valence-electron chi connectivity index (χ1n) is 15.6. The summed E-state index contributed by atoms with van der Waals surface area (Å²) in [5, 5.41) is 0. The summed E-state index contributed by atoms with van der Waals surface area (Å²) in [5.74, 6) is 3.96. The molecular formula is C40H42N2O2. The van der Waals surface area contributed by atoms with Crippen molar-refractivity contribution in [3.8, 4) is 23.0 Å². The van der Waals surface area contributed by atoms with Crippen LogP contribution in [-0.2, 0) is 5.41 Å². The highest BCUT2D eigenvalue weighted by atomic mass is 16.5. The Balaban J connectivity index is 1.34. The molecule has 0 unspecified atom stereocenters. The van der Waals surface area contributed by atoms with Gasteiger partial charge in [0.15, 0.2) is 0 Å². The Morgan fingerprint density at radius 2 is 0.932 bits per heavy atom. The number of hydrogen-bond donors (Lipinski definition) is 2. The maximum atomic E-state index is 6.38. The molecule has 1 aliphatic rings. The SMILES string of the molecule is Cc1cc(N)ccc1Oc1ccc(C2(c3ccc(Oc4ccc(N)cc4C)c(C)c3)CCC(c3ccccc3)CC2)cc1C. The molecule has 1 saturated carbocycles. The number of nitrogen functional groups attached to an aromatic ring is 2. The van der Waals surface area contributed by atoms with Gasteiger partial charge in [0.1, 0.15) is 23.0 Å². The molecule has 4 heteroatoms. The molecule has 0 saturated heterocycles. The summed E-state index contributed by atoms with van der Waals surface area (Å²) < 4.78 is 12.8. The van der Waals surface area contributed by atoms with Crippen molar-refractivity contribution in [1.82, 2.24) is 0 Å². The smallest absolute Gasteiger partial charge is 0.130 e. The van der Waals surface area contributed by atoms with Gasteiger partial charge in [-0.25, -0.2) is 0 Å². The number of anilines is 2. The number of rotatable bonds is 7. The zero-order chi connectivity index (χ0) is 30.8. The van der Waals surface area contributed by atoms with E-state index in [1.807, 2.05) is 50.2 Å². The van der Waals surface area contributed by atoms with E-state index in [0.29, 0.717) is 5.92 Å². The maximum Gasteiger partial charge on any atom is 0.130 e. The van der Waals surface area contributed by atoms with E-state index >= 15 is 0 Å². The van der Waals surface area contributed by atoms with E-state index in [1.54, 1.807) is 0 Å². The standard InChI is InChI=1S/C40H42N2O2/c1-26-22-32(10-14-36(26)43-38-16-12-34(41)24-28(38)3)40(20-18-31(19-21-40)30-8-6-5-7-9-30)33-11-15-37(27(2)23-33)44-39-17-13-35(42)25-29(39)4/h5-17,22-25,31H,18-21,41-42H2,1-4H3. The van der Waals surface area contributed by atoms with Gasteiger partial charge in [0.2, 0.25) is 0 Å². The maximum absolute atomic E-state index is 6.38. The third kappa shape index (κ3) is 5.90. The average molecular weight is 583 g/mol. The molecule has 4 N–H and O–H groups in total. The van der Waals surface area contributed by atoms with Crippen LogP contribution in [0, 0.1) is 27.7 Å². The summed E-state index contributed by atoms with van der Waals surface area (Å²) >= 11 is 0. The summed E-state index contributed by atoms with van der Waals surface area (Å²) in [4.78, 5) is 0. The average Bonchev–Trinajstić information content (AvgIpc) is 3.02. The Bertz CT molecular complexity index is 1680. The van der Waals surface area contributed by atoms with Crippen LogP contribution >= 0.6 is 0 Å². The van der Waals surface area contributed by atoms with E-state index in [-0.39, 0.29) is 5.41 Å². The molecule has 6 rings (SSSR count). The lowest BCUT2D eigenvalue weighted by molar-refractivity contribution is 0.314. The fourth-order valence-corrected chi connectivity index (χ4v) is 6.85. The van der Waals surface area contributed by atoms with Crippen LogP contribution in [-0.4, -0.2) is 0 Å². The molecular weight excluding hydrogens is 540 g/mol. The van der Waals surface area contributed by atoms with Crippen molar-refractivity contribution in [2.45, 2.75) is 64.7 Å². The highest BCUT2D eigenvalue weighted by Gasteiger charge is 2.39. The van der Waals surface area contributed by atoms with Crippen LogP contribution in [0.4, 0.5) is 11.4 Å². The third-order valence-electron chi connectivity index (χ3n) is 9.40. The second kappa shape index (κ2) is 12.1. The molecule has 224 valence electrons. The fourth-order valence-electron chi connectivity index (χ4n) is 6.85. The summed E-state index contributed by atoms with van der Waals surface area (Å²) in [6.07, 6.45) is 4.40. The Morgan fingerprint density at radius 1 is 0.523 bits per heavy atom. The number of nitrogens with two attached hydrogens (primary N) is 2. The molecule has 1 fully saturated rings. The van der Waals surface area contributed by atoms with Crippen molar-refractivity contribution >= 4 is 11.4 Å². The van der Waals surface area contributed by atoms with Gasteiger partial charge in [-0.05, 0) is 147 Å². The molecule has 1 aliphatic carbocycles. The molecule has 5 aromatic carbocycles. The van der Waals surface area contributed by atoms with E-state index in [2.05, 4.69) is 80.6 Å². The van der Waals surface area contributed by atoms with E-state index in [9.17, 15) is 0 Å². The fraction of sp³-hybridized carbons (Fsp3) is 0.250. The zero-order valence-electron chi connectivity index (χ0n) is 26.2. The lowest BCUT2D eigenvalue weighted by atomic mass is 9.62. The quantitative estimate of drug-likeness (QED) is 0.187. The van der Waals surface area contributed by atoms with Gasteiger partial charge in [-0.15, -0.1) is 0 Å². The van der Waals surface area contributed by atoms with Crippen molar-refractivity contribution < 1.29 is 9.47 Å². The van der Waals surface area contributed by atoms with Gasteiger partial charge in [-0.1, -0.05) is 54.6 Å². The van der Waals surface area contributed by atoms with Crippen LogP contribution in [0.15, 0.2) is 103 Å². The van der Waals surface area contributed by atoms with Crippen LogP contribution in [0.5, 0.6) is 23.0 Å². The number of ether oxygens (including phenoxy) is 2. The van der Waals surface area contributed by atoms with Crippen LogP contribution in [0.3, 0.4) is 0 Å². The van der Waals surface area contributed by atoms with E-state index < -0.39 is 0 Å². The van der Waals surface area contributed by atoms with Gasteiger partial charge < -0.3 is 20.9 Å².